The summed E-state index contributed by atoms with van der Waals surface area (Å²) < 4.78 is 2.48. The molecule has 0 atom stereocenters. The van der Waals surface area contributed by atoms with Gasteiger partial charge in [-0.05, 0) is 23.8 Å². The van der Waals surface area contributed by atoms with Crippen molar-refractivity contribution in [1.82, 2.24) is 9.97 Å². The maximum absolute atomic E-state index is 7.43. The van der Waals surface area contributed by atoms with E-state index in [0.29, 0.717) is 11.5 Å². The van der Waals surface area contributed by atoms with E-state index in [1.165, 1.54) is 20.2 Å². The molecule has 0 fully saturated rings. The van der Waals surface area contributed by atoms with Gasteiger partial charge in [-0.1, -0.05) is 109 Å². The van der Waals surface area contributed by atoms with Gasteiger partial charge in [-0.15, -0.1) is 11.3 Å². The summed E-state index contributed by atoms with van der Waals surface area (Å²) in [6.45, 7) is 7.43. The minimum Gasteiger partial charge on any atom is -0.238 e. The van der Waals surface area contributed by atoms with Gasteiger partial charge in [0, 0.05) is 42.4 Å². The quantitative estimate of drug-likeness (QED) is 0.218. The van der Waals surface area contributed by atoms with Gasteiger partial charge in [0.2, 0.25) is 0 Å². The van der Waals surface area contributed by atoms with Gasteiger partial charge in [-0.3, -0.25) is 0 Å². The second kappa shape index (κ2) is 9.64. The highest BCUT2D eigenvalue weighted by molar-refractivity contribution is 7.26. The maximum atomic E-state index is 7.43. The molecule has 2 heterocycles. The molecule has 0 unspecified atom stereocenters. The van der Waals surface area contributed by atoms with Crippen molar-refractivity contribution in [2.45, 2.75) is 0 Å². The van der Waals surface area contributed by atoms with Crippen LogP contribution in [0.1, 0.15) is 0 Å². The fourth-order valence-corrected chi connectivity index (χ4v) is 6.20. The summed E-state index contributed by atoms with van der Waals surface area (Å²) in [5.41, 5.74) is 7.62. The molecule has 7 rings (SSSR count). The zero-order chi connectivity index (χ0) is 26.2. The Labute approximate surface area is 230 Å². The van der Waals surface area contributed by atoms with Crippen LogP contribution in [0, 0.1) is 6.57 Å². The Morgan fingerprint density at radius 3 is 1.97 bits per heavy atom. The van der Waals surface area contributed by atoms with Crippen LogP contribution in [-0.4, -0.2) is 9.97 Å². The minimum absolute atomic E-state index is 0.627. The summed E-state index contributed by atoms with van der Waals surface area (Å²) in [4.78, 5) is 13.7. The van der Waals surface area contributed by atoms with Crippen LogP contribution < -0.4 is 0 Å². The van der Waals surface area contributed by atoms with E-state index in [-0.39, 0.29) is 0 Å². The van der Waals surface area contributed by atoms with E-state index in [0.717, 1.165) is 39.2 Å². The van der Waals surface area contributed by atoms with Crippen LogP contribution in [-0.2, 0) is 0 Å². The molecule has 2 aromatic heterocycles. The average molecular weight is 516 g/mol. The van der Waals surface area contributed by atoms with E-state index in [4.69, 9.17) is 16.5 Å². The van der Waals surface area contributed by atoms with Crippen molar-refractivity contribution in [1.29, 1.82) is 0 Å². The average Bonchev–Trinajstić information content (AvgIpc) is 3.40. The van der Waals surface area contributed by atoms with E-state index >= 15 is 0 Å². The molecule has 0 bridgehead atoms. The molecular formula is C35H21N3S. The normalized spacial score (nSPS) is 11.1. The first-order valence-electron chi connectivity index (χ1n) is 12.7. The van der Waals surface area contributed by atoms with Crippen LogP contribution in [0.15, 0.2) is 127 Å². The topological polar surface area (TPSA) is 30.1 Å². The summed E-state index contributed by atoms with van der Waals surface area (Å²) in [7, 11) is 0. The van der Waals surface area contributed by atoms with Crippen molar-refractivity contribution in [3.63, 3.8) is 0 Å². The third kappa shape index (κ3) is 4.16. The highest BCUT2D eigenvalue weighted by atomic mass is 32.1. The van der Waals surface area contributed by atoms with Crippen molar-refractivity contribution in [3.8, 4) is 45.0 Å². The molecule has 39 heavy (non-hydrogen) atoms. The van der Waals surface area contributed by atoms with Gasteiger partial charge in [0.25, 0.3) is 0 Å². The number of nitrogens with zero attached hydrogens (tertiary/aromatic N) is 3. The van der Waals surface area contributed by atoms with E-state index in [2.05, 4.69) is 71.6 Å². The van der Waals surface area contributed by atoms with Gasteiger partial charge in [-0.2, -0.15) is 0 Å². The van der Waals surface area contributed by atoms with Gasteiger partial charge in [0.1, 0.15) is 0 Å². The molecule has 0 radical (unpaired) electrons. The number of fused-ring (bicyclic) bond motifs is 3. The van der Waals surface area contributed by atoms with E-state index in [1.54, 1.807) is 11.3 Å². The molecule has 0 saturated carbocycles. The first-order valence-corrected chi connectivity index (χ1v) is 13.5. The summed E-state index contributed by atoms with van der Waals surface area (Å²) in [5, 5.41) is 2.44. The van der Waals surface area contributed by atoms with Crippen molar-refractivity contribution >= 4 is 37.2 Å². The lowest BCUT2D eigenvalue weighted by molar-refractivity contribution is 1.18. The van der Waals surface area contributed by atoms with Crippen LogP contribution in [0.25, 0.3) is 70.0 Å². The monoisotopic (exact) mass is 515 g/mol. The Kier molecular flexibility index (Phi) is 5.70. The number of rotatable bonds is 4. The highest BCUT2D eigenvalue weighted by Crippen LogP contribution is 2.45. The zero-order valence-electron chi connectivity index (χ0n) is 20.9. The number of hydrogen-bond donors (Lipinski definition) is 0. The van der Waals surface area contributed by atoms with Crippen LogP contribution in [0.3, 0.4) is 0 Å². The molecule has 182 valence electrons. The Hall–Kier alpha value is -5.11. The lowest BCUT2D eigenvalue weighted by Crippen LogP contribution is -1.97. The van der Waals surface area contributed by atoms with E-state index in [9.17, 15) is 0 Å². The fraction of sp³-hybridized carbons (Fsp3) is 0. The molecule has 5 aromatic carbocycles. The Morgan fingerprint density at radius 2 is 1.23 bits per heavy atom. The van der Waals surface area contributed by atoms with Crippen LogP contribution in [0.5, 0.6) is 0 Å². The molecule has 0 saturated heterocycles. The van der Waals surface area contributed by atoms with Gasteiger partial charge in [0.05, 0.1) is 18.0 Å². The highest BCUT2D eigenvalue weighted by Gasteiger charge is 2.19. The maximum Gasteiger partial charge on any atom is 0.187 e. The molecule has 0 spiro atoms. The van der Waals surface area contributed by atoms with Crippen molar-refractivity contribution in [2.24, 2.45) is 0 Å². The summed E-state index contributed by atoms with van der Waals surface area (Å²) in [6, 6.07) is 43.3. The predicted octanol–water partition coefficient (Wildman–Crippen LogP) is 10.1. The Balaban J connectivity index is 1.56. The van der Waals surface area contributed by atoms with Gasteiger partial charge < -0.3 is 0 Å². The second-order valence-electron chi connectivity index (χ2n) is 9.31. The second-order valence-corrected chi connectivity index (χ2v) is 10.4. The third-order valence-corrected chi connectivity index (χ3v) is 8.07. The number of benzene rings is 5. The number of thiophene rings is 1. The molecule has 0 aliphatic heterocycles. The first kappa shape index (κ1) is 23.0. The summed E-state index contributed by atoms with van der Waals surface area (Å²) in [6.07, 6.45) is 0. The Morgan fingerprint density at radius 1 is 0.564 bits per heavy atom. The van der Waals surface area contributed by atoms with Gasteiger partial charge in [-0.25, -0.2) is 14.8 Å². The molecule has 0 aliphatic rings. The fourth-order valence-electron chi connectivity index (χ4n) is 5.09. The van der Waals surface area contributed by atoms with Gasteiger partial charge >= 0.3 is 0 Å². The molecule has 0 amide bonds. The third-order valence-electron chi connectivity index (χ3n) is 6.93. The zero-order valence-corrected chi connectivity index (χ0v) is 21.7. The van der Waals surface area contributed by atoms with Crippen molar-refractivity contribution < 1.29 is 0 Å². The summed E-state index contributed by atoms with van der Waals surface area (Å²) >= 11 is 1.80. The minimum atomic E-state index is 0.627. The lowest BCUT2D eigenvalue weighted by atomic mass is 9.92. The van der Waals surface area contributed by atoms with E-state index in [1.807, 2.05) is 60.7 Å². The van der Waals surface area contributed by atoms with Crippen molar-refractivity contribution in [2.75, 3.05) is 0 Å². The van der Waals surface area contributed by atoms with Crippen molar-refractivity contribution in [3.05, 3.63) is 139 Å². The molecule has 3 nitrogen and oxygen atoms in total. The lowest BCUT2D eigenvalue weighted by Gasteiger charge is -2.15. The predicted molar refractivity (Wildman–Crippen MR) is 163 cm³/mol. The number of aromatic nitrogens is 2. The molecule has 7 aromatic rings. The largest absolute Gasteiger partial charge is 0.238 e. The van der Waals surface area contributed by atoms with E-state index < -0.39 is 0 Å². The molecule has 0 aliphatic carbocycles. The number of hydrogen-bond acceptors (Lipinski definition) is 3. The van der Waals surface area contributed by atoms with Crippen LogP contribution in [0.4, 0.5) is 5.69 Å². The standard InChI is InChI=1S/C35H21N3S/c1-36-26-18-16-24(17-19-26)33-27(20-21-32-34(33)28-14-8-9-15-31(28)39-32)30-22-29(23-10-4-2-5-11-23)37-35(38-30)25-12-6-3-7-13-25/h2-22H. The summed E-state index contributed by atoms with van der Waals surface area (Å²) in [5.74, 6) is 0.691. The smallest absolute Gasteiger partial charge is 0.187 e. The van der Waals surface area contributed by atoms with Crippen LogP contribution >= 0.6 is 11.3 Å². The first-order chi connectivity index (χ1) is 19.3. The molecular weight excluding hydrogens is 494 g/mol. The SMILES string of the molecule is [C-]#[N+]c1ccc(-c2c(-c3cc(-c4ccccc4)nc(-c4ccccc4)n3)ccc3sc4ccccc4c23)cc1. The Bertz CT molecular complexity index is 1940. The van der Waals surface area contributed by atoms with Crippen LogP contribution in [0.2, 0.25) is 0 Å². The van der Waals surface area contributed by atoms with Gasteiger partial charge in [0.15, 0.2) is 11.5 Å². The molecule has 4 heteroatoms. The molecule has 0 N–H and O–H groups in total.